The van der Waals surface area contributed by atoms with Gasteiger partial charge >= 0.3 is 0 Å². The number of H-pyrrole nitrogens is 2. The van der Waals surface area contributed by atoms with Crippen LogP contribution in [0.25, 0.3) is 22.0 Å². The second-order valence-corrected chi connectivity index (χ2v) is 6.46. The number of hydrogen-bond donors (Lipinski definition) is 3. The van der Waals surface area contributed by atoms with E-state index in [-0.39, 0.29) is 23.7 Å². The van der Waals surface area contributed by atoms with Crippen LogP contribution in [0.3, 0.4) is 0 Å². The summed E-state index contributed by atoms with van der Waals surface area (Å²) in [6, 6.07) is 14.1. The minimum absolute atomic E-state index is 0.146. The second kappa shape index (κ2) is 8.08. The molecule has 2 aromatic carbocycles. The molecule has 2 aromatic heterocycles. The number of fused-ring (bicyclic) bond motifs is 1. The summed E-state index contributed by atoms with van der Waals surface area (Å²) in [4.78, 5) is 24.5. The van der Waals surface area contributed by atoms with Crippen LogP contribution in [0.4, 0.5) is 0 Å². The molecular weight excluding hydrogens is 386 g/mol. The zero-order chi connectivity index (χ0) is 21.1. The van der Waals surface area contributed by atoms with Crippen molar-refractivity contribution < 1.29 is 14.3 Å². The maximum absolute atomic E-state index is 12.6. The predicted molar refractivity (Wildman–Crippen MR) is 111 cm³/mol. The number of ether oxygens (including phenoxy) is 2. The Hall–Kier alpha value is -4.14. The van der Waals surface area contributed by atoms with E-state index in [9.17, 15) is 9.59 Å². The van der Waals surface area contributed by atoms with Crippen LogP contribution in [0.5, 0.6) is 11.5 Å². The Kier molecular flexibility index (Phi) is 5.17. The first-order chi connectivity index (χ1) is 14.6. The fourth-order valence-electron chi connectivity index (χ4n) is 3.16. The third kappa shape index (κ3) is 3.60. The molecule has 2 heterocycles. The number of methoxy groups -OCH3 is 2. The van der Waals surface area contributed by atoms with Crippen LogP contribution in [0, 0.1) is 0 Å². The van der Waals surface area contributed by atoms with Gasteiger partial charge in [-0.1, -0.05) is 18.2 Å². The molecule has 3 N–H and O–H groups in total. The minimum Gasteiger partial charge on any atom is -0.497 e. The van der Waals surface area contributed by atoms with Crippen molar-refractivity contribution in [2.75, 3.05) is 14.2 Å². The second-order valence-electron chi connectivity index (χ2n) is 6.46. The first-order valence-corrected chi connectivity index (χ1v) is 9.13. The van der Waals surface area contributed by atoms with Crippen molar-refractivity contribution in [2.24, 2.45) is 0 Å². The molecule has 0 fully saturated rings. The highest BCUT2D eigenvalue weighted by molar-refractivity contribution is 5.94. The average Bonchev–Trinajstić information content (AvgIpc) is 3.28. The summed E-state index contributed by atoms with van der Waals surface area (Å²) >= 11 is 0. The van der Waals surface area contributed by atoms with Crippen molar-refractivity contribution in [2.45, 2.75) is 6.54 Å². The number of carbonyl (C=O) groups is 1. The summed E-state index contributed by atoms with van der Waals surface area (Å²) in [5.74, 6) is 0.904. The SMILES string of the molecule is COc1ccc(OC)c(-c2cc(C(=O)NCc3n[nH]c(=O)c4ccccc34)[nH]n2)c1. The lowest BCUT2D eigenvalue weighted by Gasteiger charge is -2.08. The van der Waals surface area contributed by atoms with Crippen LogP contribution in [-0.4, -0.2) is 40.5 Å². The molecule has 0 aliphatic heterocycles. The van der Waals surface area contributed by atoms with Gasteiger partial charge in [0.05, 0.1) is 37.5 Å². The smallest absolute Gasteiger partial charge is 0.272 e. The van der Waals surface area contributed by atoms with Gasteiger partial charge in [-0.2, -0.15) is 10.2 Å². The fourth-order valence-corrected chi connectivity index (χ4v) is 3.16. The molecule has 0 spiro atoms. The minimum atomic E-state index is -0.354. The van der Waals surface area contributed by atoms with Gasteiger partial charge in [-0.15, -0.1) is 0 Å². The summed E-state index contributed by atoms with van der Waals surface area (Å²) in [6.07, 6.45) is 0. The molecule has 0 aliphatic carbocycles. The lowest BCUT2D eigenvalue weighted by Crippen LogP contribution is -2.25. The normalized spacial score (nSPS) is 10.7. The van der Waals surface area contributed by atoms with E-state index in [1.165, 1.54) is 0 Å². The highest BCUT2D eigenvalue weighted by atomic mass is 16.5. The lowest BCUT2D eigenvalue weighted by atomic mass is 10.1. The Morgan fingerprint density at radius 2 is 1.80 bits per heavy atom. The number of carbonyl (C=O) groups excluding carboxylic acids is 1. The molecule has 0 aliphatic rings. The molecule has 0 bridgehead atoms. The quantitative estimate of drug-likeness (QED) is 0.452. The van der Waals surface area contributed by atoms with Crippen LogP contribution in [0.15, 0.2) is 53.3 Å². The first-order valence-electron chi connectivity index (χ1n) is 9.13. The molecule has 9 nitrogen and oxygen atoms in total. The Bertz CT molecular complexity index is 1280. The molecule has 30 heavy (non-hydrogen) atoms. The zero-order valence-electron chi connectivity index (χ0n) is 16.4. The average molecular weight is 405 g/mol. The number of benzene rings is 2. The molecule has 0 saturated carbocycles. The van der Waals surface area contributed by atoms with Gasteiger partial charge in [-0.05, 0) is 30.3 Å². The molecule has 4 rings (SSSR count). The molecule has 0 radical (unpaired) electrons. The van der Waals surface area contributed by atoms with E-state index in [0.717, 1.165) is 0 Å². The first kappa shape index (κ1) is 19.2. The van der Waals surface area contributed by atoms with Gasteiger partial charge in [0.1, 0.15) is 17.2 Å². The van der Waals surface area contributed by atoms with Crippen molar-refractivity contribution in [3.05, 3.63) is 70.3 Å². The number of rotatable bonds is 6. The lowest BCUT2D eigenvalue weighted by molar-refractivity contribution is 0.0945. The maximum atomic E-state index is 12.6. The molecule has 4 aromatic rings. The van der Waals surface area contributed by atoms with Crippen molar-refractivity contribution >= 4 is 16.7 Å². The third-order valence-electron chi connectivity index (χ3n) is 4.70. The summed E-state index contributed by atoms with van der Waals surface area (Å²) in [7, 11) is 3.14. The maximum Gasteiger partial charge on any atom is 0.272 e. The molecule has 152 valence electrons. The van der Waals surface area contributed by atoms with Crippen molar-refractivity contribution in [1.29, 1.82) is 0 Å². The van der Waals surface area contributed by atoms with Gasteiger partial charge in [-0.3, -0.25) is 14.7 Å². The molecule has 1 amide bonds. The van der Waals surface area contributed by atoms with Crippen LogP contribution in [-0.2, 0) is 6.54 Å². The molecular formula is C21H19N5O4. The Morgan fingerprint density at radius 3 is 2.57 bits per heavy atom. The Balaban J connectivity index is 1.55. The monoisotopic (exact) mass is 405 g/mol. The number of aromatic nitrogens is 4. The van der Waals surface area contributed by atoms with E-state index in [1.807, 2.05) is 6.07 Å². The number of nitrogens with one attached hydrogen (secondary N) is 3. The van der Waals surface area contributed by atoms with E-state index in [2.05, 4.69) is 25.7 Å². The molecule has 0 atom stereocenters. The van der Waals surface area contributed by atoms with Gasteiger partial charge in [0.25, 0.3) is 11.5 Å². The van der Waals surface area contributed by atoms with Gasteiger partial charge in [0.15, 0.2) is 0 Å². The van der Waals surface area contributed by atoms with Crippen molar-refractivity contribution in [3.8, 4) is 22.8 Å². The number of amides is 1. The van der Waals surface area contributed by atoms with Crippen molar-refractivity contribution in [3.63, 3.8) is 0 Å². The van der Waals surface area contributed by atoms with Crippen LogP contribution < -0.4 is 20.3 Å². The topological polar surface area (TPSA) is 122 Å². The standard InChI is InChI=1S/C21H19N5O4/c1-29-12-7-8-19(30-2)15(9-12)16-10-17(24-23-16)21(28)22-11-18-13-5-3-4-6-14(13)20(27)26-25-18/h3-10H,11H2,1-2H3,(H,22,28)(H,23,24)(H,26,27). The van der Waals surface area contributed by atoms with Gasteiger partial charge in [0.2, 0.25) is 0 Å². The molecule has 0 saturated heterocycles. The van der Waals surface area contributed by atoms with Crippen LogP contribution in [0.2, 0.25) is 0 Å². The number of hydrogen-bond acceptors (Lipinski definition) is 6. The summed E-state index contributed by atoms with van der Waals surface area (Å²) in [5, 5.41) is 17.5. The van der Waals surface area contributed by atoms with E-state index in [4.69, 9.17) is 9.47 Å². The van der Waals surface area contributed by atoms with E-state index in [0.29, 0.717) is 39.2 Å². The van der Waals surface area contributed by atoms with E-state index >= 15 is 0 Å². The zero-order valence-corrected chi connectivity index (χ0v) is 16.4. The third-order valence-corrected chi connectivity index (χ3v) is 4.70. The highest BCUT2D eigenvalue weighted by Crippen LogP contribution is 2.32. The van der Waals surface area contributed by atoms with Crippen molar-refractivity contribution in [1.82, 2.24) is 25.7 Å². The molecule has 0 unspecified atom stereocenters. The van der Waals surface area contributed by atoms with Gasteiger partial charge in [-0.25, -0.2) is 5.10 Å². The number of nitrogens with zero attached hydrogens (tertiary/aromatic N) is 2. The largest absolute Gasteiger partial charge is 0.497 e. The van der Waals surface area contributed by atoms with Crippen LogP contribution in [0.1, 0.15) is 16.2 Å². The summed E-state index contributed by atoms with van der Waals surface area (Å²) in [5.41, 5.74) is 1.81. The molecule has 9 heteroatoms. The summed E-state index contributed by atoms with van der Waals surface area (Å²) in [6.45, 7) is 0.146. The van der Waals surface area contributed by atoms with E-state index < -0.39 is 0 Å². The fraction of sp³-hybridized carbons (Fsp3) is 0.143. The number of aromatic amines is 2. The van der Waals surface area contributed by atoms with Gasteiger partial charge in [0, 0.05) is 10.9 Å². The predicted octanol–water partition coefficient (Wildman–Crippen LogP) is 2.26. The Morgan fingerprint density at radius 1 is 1.00 bits per heavy atom. The van der Waals surface area contributed by atoms with Gasteiger partial charge < -0.3 is 14.8 Å². The summed E-state index contributed by atoms with van der Waals surface area (Å²) < 4.78 is 10.6. The van der Waals surface area contributed by atoms with E-state index in [1.54, 1.807) is 56.7 Å². The highest BCUT2D eigenvalue weighted by Gasteiger charge is 2.15. The Labute approximate surface area is 171 Å². The van der Waals surface area contributed by atoms with Crippen LogP contribution >= 0.6 is 0 Å².